The smallest absolute Gasteiger partial charge is 0.231 e. The van der Waals surface area contributed by atoms with Crippen LogP contribution < -0.4 is 9.47 Å². The molecule has 5 fully saturated rings. The largest absolute Gasteiger partial charge is 0.454 e. The molecule has 4 heteroatoms. The molecule has 6 aliphatic rings. The van der Waals surface area contributed by atoms with Gasteiger partial charge in [0.1, 0.15) is 0 Å². The molecule has 0 aromatic heterocycles. The van der Waals surface area contributed by atoms with Crippen molar-refractivity contribution in [3.8, 4) is 11.5 Å². The van der Waals surface area contributed by atoms with E-state index in [1.54, 1.807) is 6.42 Å². The molecule has 1 aromatic rings. The maximum absolute atomic E-state index is 5.53. The Kier molecular flexibility index (Phi) is 3.72. The minimum atomic E-state index is 0.364. The van der Waals surface area contributed by atoms with Gasteiger partial charge in [-0.2, -0.15) is 0 Å². The molecule has 0 N–H and O–H groups in total. The summed E-state index contributed by atoms with van der Waals surface area (Å²) in [4.78, 5) is 5.49. The Labute approximate surface area is 156 Å². The van der Waals surface area contributed by atoms with E-state index in [-0.39, 0.29) is 0 Å². The molecular formula is C22H30N2O2. The number of rotatable bonds is 3. The van der Waals surface area contributed by atoms with Crippen molar-refractivity contribution >= 4 is 0 Å². The lowest BCUT2D eigenvalue weighted by atomic mass is 9.54. The second-order valence-electron chi connectivity index (χ2n) is 9.42. The van der Waals surface area contributed by atoms with Crippen molar-refractivity contribution < 1.29 is 9.47 Å². The zero-order chi connectivity index (χ0) is 17.1. The molecule has 0 unspecified atom stereocenters. The molecule has 2 heterocycles. The maximum Gasteiger partial charge on any atom is 0.231 e. The Hall–Kier alpha value is -1.26. The van der Waals surface area contributed by atoms with Crippen LogP contribution >= 0.6 is 0 Å². The fourth-order valence-electron chi connectivity index (χ4n) is 7.01. The van der Waals surface area contributed by atoms with Gasteiger partial charge in [0.05, 0.1) is 0 Å². The number of nitrogens with zero attached hydrogens (tertiary/aromatic N) is 2. The molecule has 0 spiro atoms. The summed E-state index contributed by atoms with van der Waals surface area (Å²) in [5.41, 5.74) is 1.34. The van der Waals surface area contributed by atoms with Gasteiger partial charge in [-0.15, -0.1) is 0 Å². The zero-order valence-corrected chi connectivity index (χ0v) is 15.6. The highest BCUT2D eigenvalue weighted by molar-refractivity contribution is 5.44. The van der Waals surface area contributed by atoms with Gasteiger partial charge in [0, 0.05) is 38.8 Å². The summed E-state index contributed by atoms with van der Waals surface area (Å²) in [5, 5.41) is 0. The zero-order valence-electron chi connectivity index (χ0n) is 15.6. The van der Waals surface area contributed by atoms with Gasteiger partial charge in [0.25, 0.3) is 0 Å². The molecule has 4 saturated carbocycles. The first-order chi connectivity index (χ1) is 12.8. The van der Waals surface area contributed by atoms with Gasteiger partial charge < -0.3 is 9.47 Å². The van der Waals surface area contributed by atoms with Crippen LogP contribution in [0, 0.1) is 23.7 Å². The van der Waals surface area contributed by atoms with E-state index in [9.17, 15) is 0 Å². The summed E-state index contributed by atoms with van der Waals surface area (Å²) >= 11 is 0. The van der Waals surface area contributed by atoms with Crippen LogP contribution in [0.2, 0.25) is 0 Å². The van der Waals surface area contributed by atoms with Gasteiger partial charge >= 0.3 is 0 Å². The molecule has 4 nitrogen and oxygen atoms in total. The molecule has 1 aromatic carbocycles. The average molecular weight is 354 g/mol. The van der Waals surface area contributed by atoms with Crippen LogP contribution in [-0.2, 0) is 6.54 Å². The van der Waals surface area contributed by atoms with Crippen LogP contribution in [0.3, 0.4) is 0 Å². The molecule has 2 aliphatic heterocycles. The normalized spacial score (nSPS) is 38.8. The van der Waals surface area contributed by atoms with Gasteiger partial charge in [-0.1, -0.05) is 6.07 Å². The number of hydrogen-bond acceptors (Lipinski definition) is 4. The summed E-state index contributed by atoms with van der Waals surface area (Å²) in [6, 6.07) is 7.32. The highest BCUT2D eigenvalue weighted by Gasteiger charge is 2.50. The number of benzene rings is 1. The average Bonchev–Trinajstić information content (AvgIpc) is 3.10. The van der Waals surface area contributed by atoms with Gasteiger partial charge in [0.2, 0.25) is 6.79 Å². The quantitative estimate of drug-likeness (QED) is 0.831. The van der Waals surface area contributed by atoms with Crippen LogP contribution in [0.4, 0.5) is 0 Å². The highest BCUT2D eigenvalue weighted by atomic mass is 16.7. The standard InChI is InChI=1S/C22H30N2O2/c1-2-20-21(26-14-25-20)12-15(1)13-23-3-5-24(6-4-23)22-18-8-16-7-17(10-18)11-19(22)9-16/h1-2,12,16-19,22H,3-11,13-14H2. The van der Waals surface area contributed by atoms with Gasteiger partial charge in [-0.05, 0) is 73.5 Å². The lowest BCUT2D eigenvalue weighted by Gasteiger charge is -2.58. The van der Waals surface area contributed by atoms with E-state index >= 15 is 0 Å². The van der Waals surface area contributed by atoms with Crippen molar-refractivity contribution in [3.05, 3.63) is 23.8 Å². The summed E-state index contributed by atoms with van der Waals surface area (Å²) in [5.74, 6) is 6.01. The van der Waals surface area contributed by atoms with Crippen molar-refractivity contribution in [2.24, 2.45) is 23.7 Å². The van der Waals surface area contributed by atoms with Crippen LogP contribution in [0.25, 0.3) is 0 Å². The maximum atomic E-state index is 5.53. The lowest BCUT2D eigenvalue weighted by molar-refractivity contribution is -0.0769. The third-order valence-electron chi connectivity index (χ3n) is 7.85. The first-order valence-electron chi connectivity index (χ1n) is 10.7. The Morgan fingerprint density at radius 1 is 0.808 bits per heavy atom. The van der Waals surface area contributed by atoms with Crippen molar-refractivity contribution in [2.75, 3.05) is 33.0 Å². The van der Waals surface area contributed by atoms with Crippen LogP contribution in [0.15, 0.2) is 18.2 Å². The molecule has 7 rings (SSSR count). The van der Waals surface area contributed by atoms with E-state index in [1.165, 1.54) is 57.4 Å². The Balaban J connectivity index is 1.08. The Morgan fingerprint density at radius 3 is 2.23 bits per heavy atom. The second kappa shape index (κ2) is 6.13. The molecular weight excluding hydrogens is 324 g/mol. The van der Waals surface area contributed by atoms with Gasteiger partial charge in [-0.25, -0.2) is 0 Å². The van der Waals surface area contributed by atoms with E-state index in [1.807, 2.05) is 0 Å². The topological polar surface area (TPSA) is 24.9 Å². The number of fused-ring (bicyclic) bond motifs is 1. The van der Waals surface area contributed by atoms with Crippen LogP contribution in [0.5, 0.6) is 11.5 Å². The van der Waals surface area contributed by atoms with Gasteiger partial charge in [-0.3, -0.25) is 9.80 Å². The Morgan fingerprint density at radius 2 is 1.50 bits per heavy atom. The van der Waals surface area contributed by atoms with E-state index in [0.717, 1.165) is 47.8 Å². The molecule has 4 aliphatic carbocycles. The predicted molar refractivity (Wildman–Crippen MR) is 100 cm³/mol. The van der Waals surface area contributed by atoms with E-state index in [2.05, 4.69) is 28.0 Å². The van der Waals surface area contributed by atoms with Crippen molar-refractivity contribution in [3.63, 3.8) is 0 Å². The molecule has 0 amide bonds. The molecule has 0 radical (unpaired) electrons. The molecule has 140 valence electrons. The monoisotopic (exact) mass is 354 g/mol. The Bertz CT molecular complexity index is 655. The minimum Gasteiger partial charge on any atom is -0.454 e. The summed E-state index contributed by atoms with van der Waals surface area (Å²) in [6.07, 6.45) is 7.71. The SMILES string of the molecule is c1cc2c(cc1CN1CCN(C3C4CC5CC(C4)CC3C5)CC1)OCO2. The molecule has 4 bridgehead atoms. The minimum absolute atomic E-state index is 0.364. The van der Waals surface area contributed by atoms with Crippen LogP contribution in [-0.4, -0.2) is 48.8 Å². The summed E-state index contributed by atoms with van der Waals surface area (Å²) < 4.78 is 11.0. The van der Waals surface area contributed by atoms with Gasteiger partial charge in [0.15, 0.2) is 11.5 Å². The van der Waals surface area contributed by atoms with E-state index in [0.29, 0.717) is 6.79 Å². The number of ether oxygens (including phenoxy) is 2. The van der Waals surface area contributed by atoms with Crippen LogP contribution in [0.1, 0.15) is 37.7 Å². The van der Waals surface area contributed by atoms with E-state index in [4.69, 9.17) is 9.47 Å². The number of piperazine rings is 1. The summed E-state index contributed by atoms with van der Waals surface area (Å²) in [6.45, 7) is 6.33. The molecule has 0 atom stereocenters. The molecule has 26 heavy (non-hydrogen) atoms. The summed E-state index contributed by atoms with van der Waals surface area (Å²) in [7, 11) is 0. The third kappa shape index (κ3) is 2.65. The second-order valence-corrected chi connectivity index (χ2v) is 9.42. The fraction of sp³-hybridized carbons (Fsp3) is 0.727. The highest BCUT2D eigenvalue weighted by Crippen LogP contribution is 2.55. The van der Waals surface area contributed by atoms with Crippen molar-refractivity contribution in [2.45, 2.75) is 44.7 Å². The van der Waals surface area contributed by atoms with E-state index < -0.39 is 0 Å². The fourth-order valence-corrected chi connectivity index (χ4v) is 7.01. The predicted octanol–water partition coefficient (Wildman–Crippen LogP) is 3.36. The third-order valence-corrected chi connectivity index (χ3v) is 7.85. The van der Waals surface area contributed by atoms with Crippen molar-refractivity contribution in [1.29, 1.82) is 0 Å². The first kappa shape index (κ1) is 15.8. The lowest BCUT2D eigenvalue weighted by Crippen LogP contribution is -2.60. The van der Waals surface area contributed by atoms with Crippen molar-refractivity contribution in [1.82, 2.24) is 9.80 Å². The number of hydrogen-bond donors (Lipinski definition) is 0. The first-order valence-corrected chi connectivity index (χ1v) is 10.7. The molecule has 1 saturated heterocycles.